The highest BCUT2D eigenvalue weighted by Crippen LogP contribution is 2.39. The van der Waals surface area contributed by atoms with Gasteiger partial charge in [0.2, 0.25) is 0 Å². The van der Waals surface area contributed by atoms with Crippen LogP contribution in [0.3, 0.4) is 0 Å². The number of halogens is 3. The van der Waals surface area contributed by atoms with Gasteiger partial charge in [-0.2, -0.15) is 13.2 Å². The fourth-order valence-corrected chi connectivity index (χ4v) is 5.45. The topological polar surface area (TPSA) is 87.0 Å². The lowest BCUT2D eigenvalue weighted by atomic mass is 9.85. The molecule has 5 atom stereocenters. The van der Waals surface area contributed by atoms with E-state index >= 15 is 0 Å². The summed E-state index contributed by atoms with van der Waals surface area (Å²) in [6.45, 7) is 0. The zero-order valence-corrected chi connectivity index (χ0v) is 19.8. The minimum atomic E-state index is -4.40. The molecule has 1 aliphatic rings. The Hall–Kier alpha value is -1.29. The average Bonchev–Trinajstić information content (AvgIpc) is 3.04. The van der Waals surface area contributed by atoms with Crippen molar-refractivity contribution in [1.29, 1.82) is 0 Å². The number of methoxy groups -OCH3 is 1. The second-order valence-corrected chi connectivity index (χ2v) is 9.89. The third kappa shape index (κ3) is 9.47. The summed E-state index contributed by atoms with van der Waals surface area (Å²) in [5, 5.41) is 31.1. The molecule has 3 N–H and O–H groups in total. The van der Waals surface area contributed by atoms with Gasteiger partial charge in [0.05, 0.1) is 31.0 Å². The molecular formula is C24H35F3O5S. The zero-order chi connectivity index (χ0) is 24.4. The van der Waals surface area contributed by atoms with Crippen molar-refractivity contribution < 1.29 is 38.0 Å². The third-order valence-corrected chi connectivity index (χ3v) is 7.49. The van der Waals surface area contributed by atoms with Gasteiger partial charge in [-0.3, -0.25) is 4.79 Å². The molecule has 4 unspecified atom stereocenters. The van der Waals surface area contributed by atoms with Crippen molar-refractivity contribution in [2.75, 3.05) is 12.9 Å². The fraction of sp³-hybridized carbons (Fsp3) is 0.708. The number of thioether (sulfide) groups is 1. The number of hydrogen-bond donors (Lipinski definition) is 3. The Bertz CT molecular complexity index is 730. The van der Waals surface area contributed by atoms with Crippen LogP contribution >= 0.6 is 11.8 Å². The van der Waals surface area contributed by atoms with Crippen LogP contribution in [0, 0.1) is 11.8 Å². The first kappa shape index (κ1) is 28.0. The van der Waals surface area contributed by atoms with Crippen LogP contribution in [-0.4, -0.2) is 52.5 Å². The van der Waals surface area contributed by atoms with E-state index in [0.29, 0.717) is 30.6 Å². The number of alkyl halides is 3. The molecule has 1 aromatic carbocycles. The molecule has 0 bridgehead atoms. The summed E-state index contributed by atoms with van der Waals surface area (Å²) in [5.41, 5.74) is -0.710. The van der Waals surface area contributed by atoms with E-state index in [1.165, 1.54) is 24.9 Å². The lowest BCUT2D eigenvalue weighted by molar-refractivity contribution is -0.140. The summed E-state index contributed by atoms with van der Waals surface area (Å²) < 4.78 is 43.1. The van der Waals surface area contributed by atoms with Gasteiger partial charge >= 0.3 is 12.1 Å². The number of carbonyl (C=O) groups excluding carboxylic acids is 1. The van der Waals surface area contributed by atoms with Crippen LogP contribution in [0.5, 0.6) is 0 Å². The van der Waals surface area contributed by atoms with E-state index in [4.69, 9.17) is 0 Å². The van der Waals surface area contributed by atoms with Crippen molar-refractivity contribution in [3.05, 3.63) is 29.8 Å². The first-order valence-corrected chi connectivity index (χ1v) is 12.5. The highest BCUT2D eigenvalue weighted by molar-refractivity contribution is 7.99. The minimum absolute atomic E-state index is 0.0380. The van der Waals surface area contributed by atoms with Crippen LogP contribution in [0.2, 0.25) is 0 Å². The van der Waals surface area contributed by atoms with Crippen LogP contribution < -0.4 is 0 Å². The van der Waals surface area contributed by atoms with Gasteiger partial charge in [-0.25, -0.2) is 0 Å². The lowest BCUT2D eigenvalue weighted by Crippen LogP contribution is -2.24. The van der Waals surface area contributed by atoms with Crippen LogP contribution in [0.15, 0.2) is 29.2 Å². The molecule has 0 saturated heterocycles. The number of benzene rings is 1. The van der Waals surface area contributed by atoms with Crippen LogP contribution in [-0.2, 0) is 15.7 Å². The van der Waals surface area contributed by atoms with Gasteiger partial charge in [0, 0.05) is 17.1 Å². The van der Waals surface area contributed by atoms with Gasteiger partial charge < -0.3 is 20.1 Å². The number of aliphatic hydroxyl groups excluding tert-OH is 3. The molecular weight excluding hydrogens is 457 g/mol. The maximum absolute atomic E-state index is 12.8. The Labute approximate surface area is 197 Å². The molecule has 0 amide bonds. The van der Waals surface area contributed by atoms with E-state index in [0.717, 1.165) is 44.2 Å². The predicted octanol–water partition coefficient (Wildman–Crippen LogP) is 4.81. The van der Waals surface area contributed by atoms with Crippen molar-refractivity contribution in [3.8, 4) is 0 Å². The molecule has 0 aliphatic heterocycles. The number of ether oxygens (including phenoxy) is 1. The molecule has 188 valence electrons. The number of rotatable bonds is 13. The molecule has 1 aromatic rings. The summed E-state index contributed by atoms with van der Waals surface area (Å²) in [6.07, 6.45) is -0.352. The van der Waals surface area contributed by atoms with Crippen molar-refractivity contribution in [2.24, 2.45) is 11.8 Å². The van der Waals surface area contributed by atoms with Gasteiger partial charge in [-0.05, 0) is 62.1 Å². The standard InChI is InChI=1S/C24H35F3O5S/c1-32-23(31)10-5-3-2-4-9-19-20(22(30)14-21(19)29)12-11-17(28)15-33-18-8-6-7-16(13-18)24(25,26)27/h6-8,13,17,19-22,28-30H,2-5,9-12,14-15H2,1H3/t17?,19?,20-,21?,22?/m1/s1. The van der Waals surface area contributed by atoms with Crippen LogP contribution in [0.4, 0.5) is 13.2 Å². The second kappa shape index (κ2) is 13.6. The highest BCUT2D eigenvalue weighted by atomic mass is 32.2. The van der Waals surface area contributed by atoms with Crippen molar-refractivity contribution in [2.45, 2.75) is 87.2 Å². The number of aliphatic hydroxyl groups is 3. The van der Waals surface area contributed by atoms with E-state index in [1.807, 2.05) is 0 Å². The Balaban J connectivity index is 1.74. The quantitative estimate of drug-likeness (QED) is 0.208. The minimum Gasteiger partial charge on any atom is -0.469 e. The predicted molar refractivity (Wildman–Crippen MR) is 121 cm³/mol. The molecule has 1 fully saturated rings. The van der Waals surface area contributed by atoms with Gasteiger partial charge in [-0.15, -0.1) is 11.8 Å². The lowest BCUT2D eigenvalue weighted by Gasteiger charge is -2.24. The molecule has 9 heteroatoms. The molecule has 1 aliphatic carbocycles. The number of unbranched alkanes of at least 4 members (excludes halogenated alkanes) is 3. The normalized spacial score (nSPS) is 24.1. The van der Waals surface area contributed by atoms with E-state index < -0.39 is 30.1 Å². The van der Waals surface area contributed by atoms with E-state index in [1.54, 1.807) is 6.07 Å². The van der Waals surface area contributed by atoms with Crippen LogP contribution in [0.1, 0.15) is 63.4 Å². The number of carbonyl (C=O) groups is 1. The molecule has 33 heavy (non-hydrogen) atoms. The van der Waals surface area contributed by atoms with Crippen molar-refractivity contribution in [1.82, 2.24) is 0 Å². The summed E-state index contributed by atoms with van der Waals surface area (Å²) in [5.74, 6) is -0.0984. The number of esters is 1. The summed E-state index contributed by atoms with van der Waals surface area (Å²) in [7, 11) is 1.37. The molecule has 0 radical (unpaired) electrons. The maximum atomic E-state index is 12.8. The Morgan fingerprint density at radius 3 is 2.45 bits per heavy atom. The number of hydrogen-bond acceptors (Lipinski definition) is 6. The average molecular weight is 493 g/mol. The molecule has 0 heterocycles. The monoisotopic (exact) mass is 492 g/mol. The van der Waals surface area contributed by atoms with E-state index in [9.17, 15) is 33.3 Å². The Morgan fingerprint density at radius 1 is 1.12 bits per heavy atom. The Kier molecular flexibility index (Phi) is 11.5. The van der Waals surface area contributed by atoms with E-state index in [-0.39, 0.29) is 23.6 Å². The third-order valence-electron chi connectivity index (χ3n) is 6.35. The zero-order valence-electron chi connectivity index (χ0n) is 19.0. The van der Waals surface area contributed by atoms with Gasteiger partial charge in [-0.1, -0.05) is 25.3 Å². The second-order valence-electron chi connectivity index (χ2n) is 8.79. The van der Waals surface area contributed by atoms with Gasteiger partial charge in [0.15, 0.2) is 0 Å². The first-order valence-electron chi connectivity index (χ1n) is 11.5. The van der Waals surface area contributed by atoms with Crippen molar-refractivity contribution >= 4 is 17.7 Å². The smallest absolute Gasteiger partial charge is 0.416 e. The molecule has 0 spiro atoms. The SMILES string of the molecule is COC(=O)CCCCCCC1C(O)CC(O)[C@@H]1CCC(O)CSc1cccc(C(F)(F)F)c1. The molecule has 5 nitrogen and oxygen atoms in total. The van der Waals surface area contributed by atoms with Crippen LogP contribution in [0.25, 0.3) is 0 Å². The largest absolute Gasteiger partial charge is 0.469 e. The van der Waals surface area contributed by atoms with Gasteiger partial charge in [0.25, 0.3) is 0 Å². The molecule has 0 aromatic heterocycles. The first-order chi connectivity index (χ1) is 15.6. The van der Waals surface area contributed by atoms with E-state index in [2.05, 4.69) is 4.74 Å². The maximum Gasteiger partial charge on any atom is 0.416 e. The highest BCUT2D eigenvalue weighted by Gasteiger charge is 2.40. The van der Waals surface area contributed by atoms with Gasteiger partial charge in [0.1, 0.15) is 0 Å². The Morgan fingerprint density at radius 2 is 1.79 bits per heavy atom. The van der Waals surface area contributed by atoms with Crippen molar-refractivity contribution in [3.63, 3.8) is 0 Å². The fourth-order valence-electron chi connectivity index (χ4n) is 4.51. The summed E-state index contributed by atoms with van der Waals surface area (Å²) >= 11 is 1.17. The molecule has 2 rings (SSSR count). The molecule has 1 saturated carbocycles. The summed E-state index contributed by atoms with van der Waals surface area (Å²) in [6, 6.07) is 5.04. The summed E-state index contributed by atoms with van der Waals surface area (Å²) in [4.78, 5) is 11.6.